The fourth-order valence-corrected chi connectivity index (χ4v) is 4.11. The summed E-state index contributed by atoms with van der Waals surface area (Å²) in [5, 5.41) is 16.7. The zero-order valence-electron chi connectivity index (χ0n) is 18.6. The normalized spacial score (nSPS) is 14.0. The minimum absolute atomic E-state index is 0.00912. The molecule has 0 spiro atoms. The molecule has 12 heteroatoms. The van der Waals surface area contributed by atoms with E-state index in [0.717, 1.165) is 12.8 Å². The molecule has 0 bridgehead atoms. The first kappa shape index (κ1) is 24.4. The number of benzene rings is 2. The standard InChI is InChI=1S/C23H24ClFN6O4/c24-16-3-1-2-14(21(16)25)17(11-32)28-19(33)9-30(13-5-6-13)20(34)10-31-18-7-4-12(26)8-15(18)22(29-31)23(27)35/h1-4,7-8,13,17,32H,5-6,9-11,26H2,(H2,27,35)(H,28,33). The number of aliphatic hydroxyl groups is 1. The van der Waals surface area contributed by atoms with Crippen LogP contribution in [0.3, 0.4) is 0 Å². The van der Waals surface area contributed by atoms with Crippen molar-refractivity contribution in [3.63, 3.8) is 0 Å². The summed E-state index contributed by atoms with van der Waals surface area (Å²) in [6, 6.07) is 7.94. The fourth-order valence-electron chi connectivity index (χ4n) is 3.93. The lowest BCUT2D eigenvalue weighted by atomic mass is 10.1. The Bertz CT molecular complexity index is 1310. The van der Waals surface area contributed by atoms with Crippen LogP contribution in [0, 0.1) is 5.82 Å². The van der Waals surface area contributed by atoms with Gasteiger partial charge in [-0.1, -0.05) is 23.7 Å². The van der Waals surface area contributed by atoms with Crippen LogP contribution in [0.1, 0.15) is 34.9 Å². The summed E-state index contributed by atoms with van der Waals surface area (Å²) in [4.78, 5) is 39.1. The van der Waals surface area contributed by atoms with Crippen molar-refractivity contribution in [1.29, 1.82) is 0 Å². The lowest BCUT2D eigenvalue weighted by molar-refractivity contribution is -0.137. The molecule has 0 saturated heterocycles. The van der Waals surface area contributed by atoms with E-state index in [1.807, 2.05) is 0 Å². The Morgan fingerprint density at radius 2 is 2.03 bits per heavy atom. The number of primary amides is 1. The number of carbonyl (C=O) groups excluding carboxylic acids is 3. The molecule has 2 aromatic carbocycles. The van der Waals surface area contributed by atoms with Gasteiger partial charge in [-0.2, -0.15) is 5.10 Å². The number of rotatable bonds is 9. The summed E-state index contributed by atoms with van der Waals surface area (Å²) in [6.45, 7) is -1.08. The molecule has 0 aliphatic heterocycles. The fraction of sp³-hybridized carbons (Fsp3) is 0.304. The number of nitrogen functional groups attached to an aromatic ring is 1. The maximum Gasteiger partial charge on any atom is 0.269 e. The van der Waals surface area contributed by atoms with Gasteiger partial charge in [0.25, 0.3) is 5.91 Å². The van der Waals surface area contributed by atoms with Gasteiger partial charge in [-0.05, 0) is 37.1 Å². The first-order chi connectivity index (χ1) is 16.7. The molecule has 1 atom stereocenters. The van der Waals surface area contributed by atoms with Gasteiger partial charge in [0, 0.05) is 22.7 Å². The Balaban J connectivity index is 1.51. The molecule has 3 amide bonds. The number of fused-ring (bicyclic) bond motifs is 1. The monoisotopic (exact) mass is 502 g/mol. The molecular weight excluding hydrogens is 479 g/mol. The average molecular weight is 503 g/mol. The minimum atomic E-state index is -1.03. The molecule has 3 aromatic rings. The maximum absolute atomic E-state index is 14.4. The SMILES string of the molecule is NC(=O)c1nn(CC(=O)N(CC(=O)NC(CO)c2cccc(Cl)c2F)C2CC2)c2ccc(N)cc12. The second kappa shape index (κ2) is 9.88. The van der Waals surface area contributed by atoms with Crippen molar-refractivity contribution in [3.05, 3.63) is 58.5 Å². The minimum Gasteiger partial charge on any atom is -0.399 e. The summed E-state index contributed by atoms with van der Waals surface area (Å²) < 4.78 is 15.7. The molecule has 35 heavy (non-hydrogen) atoms. The van der Waals surface area contributed by atoms with Crippen LogP contribution in [-0.2, 0) is 16.1 Å². The largest absolute Gasteiger partial charge is 0.399 e. The smallest absolute Gasteiger partial charge is 0.269 e. The molecule has 1 saturated carbocycles. The number of nitrogens with zero attached hydrogens (tertiary/aromatic N) is 3. The van der Waals surface area contributed by atoms with Gasteiger partial charge in [0.05, 0.1) is 29.7 Å². The Hall–Kier alpha value is -3.70. The van der Waals surface area contributed by atoms with E-state index in [2.05, 4.69) is 10.4 Å². The van der Waals surface area contributed by atoms with Crippen LogP contribution in [0.4, 0.5) is 10.1 Å². The highest BCUT2D eigenvalue weighted by molar-refractivity contribution is 6.30. The third-order valence-corrected chi connectivity index (χ3v) is 6.08. The summed E-state index contributed by atoms with van der Waals surface area (Å²) in [6.07, 6.45) is 1.46. The van der Waals surface area contributed by atoms with Crippen LogP contribution in [0.15, 0.2) is 36.4 Å². The van der Waals surface area contributed by atoms with Crippen LogP contribution < -0.4 is 16.8 Å². The number of amides is 3. The number of halogens is 2. The van der Waals surface area contributed by atoms with Crippen molar-refractivity contribution in [2.75, 3.05) is 18.9 Å². The molecule has 6 N–H and O–H groups in total. The molecule has 1 aliphatic carbocycles. The zero-order chi connectivity index (χ0) is 25.3. The Morgan fingerprint density at radius 3 is 2.69 bits per heavy atom. The summed E-state index contributed by atoms with van der Waals surface area (Å²) in [5.41, 5.74) is 12.2. The van der Waals surface area contributed by atoms with Crippen LogP contribution in [-0.4, -0.2) is 56.7 Å². The Kier molecular flexibility index (Phi) is 6.90. The summed E-state index contributed by atoms with van der Waals surface area (Å²) >= 11 is 5.81. The van der Waals surface area contributed by atoms with Crippen LogP contribution >= 0.6 is 11.6 Å². The number of hydrogen-bond acceptors (Lipinski definition) is 6. The summed E-state index contributed by atoms with van der Waals surface area (Å²) in [5.74, 6) is -2.46. The van der Waals surface area contributed by atoms with Gasteiger partial charge in [0.2, 0.25) is 11.8 Å². The van der Waals surface area contributed by atoms with Crippen molar-refractivity contribution in [1.82, 2.24) is 20.0 Å². The lowest BCUT2D eigenvalue weighted by Crippen LogP contribution is -2.44. The number of carbonyl (C=O) groups is 3. The molecule has 1 unspecified atom stereocenters. The number of aromatic nitrogens is 2. The van der Waals surface area contributed by atoms with Crippen LogP contribution in [0.5, 0.6) is 0 Å². The van der Waals surface area contributed by atoms with Gasteiger partial charge in [0.15, 0.2) is 5.69 Å². The maximum atomic E-state index is 14.4. The van der Waals surface area contributed by atoms with Gasteiger partial charge >= 0.3 is 0 Å². The molecule has 10 nitrogen and oxygen atoms in total. The van der Waals surface area contributed by atoms with Gasteiger partial charge in [-0.3, -0.25) is 19.1 Å². The molecule has 184 valence electrons. The van der Waals surface area contributed by atoms with E-state index in [-0.39, 0.29) is 35.4 Å². The predicted molar refractivity (Wildman–Crippen MR) is 127 cm³/mol. The van der Waals surface area contributed by atoms with Crippen molar-refractivity contribution < 1.29 is 23.9 Å². The van der Waals surface area contributed by atoms with Crippen LogP contribution in [0.25, 0.3) is 10.9 Å². The molecular formula is C23H24ClFN6O4. The van der Waals surface area contributed by atoms with Crippen molar-refractivity contribution in [3.8, 4) is 0 Å². The van der Waals surface area contributed by atoms with Gasteiger partial charge < -0.3 is 26.8 Å². The Morgan fingerprint density at radius 1 is 1.29 bits per heavy atom. The molecule has 4 rings (SSSR count). The first-order valence-corrected chi connectivity index (χ1v) is 11.3. The van der Waals surface area contributed by atoms with Gasteiger partial charge in [-0.15, -0.1) is 0 Å². The highest BCUT2D eigenvalue weighted by atomic mass is 35.5. The summed E-state index contributed by atoms with van der Waals surface area (Å²) in [7, 11) is 0. The van der Waals surface area contributed by atoms with E-state index in [1.54, 1.807) is 18.2 Å². The molecule has 0 radical (unpaired) electrons. The third-order valence-electron chi connectivity index (χ3n) is 5.79. The van der Waals surface area contributed by atoms with E-state index in [9.17, 15) is 23.9 Å². The third kappa shape index (κ3) is 5.20. The van der Waals surface area contributed by atoms with E-state index >= 15 is 0 Å². The highest BCUT2D eigenvalue weighted by Crippen LogP contribution is 2.28. The van der Waals surface area contributed by atoms with Crippen molar-refractivity contribution >= 4 is 45.9 Å². The predicted octanol–water partition coefficient (Wildman–Crippen LogP) is 1.35. The number of anilines is 1. The highest BCUT2D eigenvalue weighted by Gasteiger charge is 2.35. The average Bonchev–Trinajstić information content (AvgIpc) is 3.59. The number of aliphatic hydroxyl groups excluding tert-OH is 1. The number of hydrogen-bond donors (Lipinski definition) is 4. The zero-order valence-corrected chi connectivity index (χ0v) is 19.3. The van der Waals surface area contributed by atoms with Crippen molar-refractivity contribution in [2.45, 2.75) is 31.5 Å². The van der Waals surface area contributed by atoms with Crippen molar-refractivity contribution in [2.24, 2.45) is 5.73 Å². The quantitative estimate of drug-likeness (QED) is 0.323. The van der Waals surface area contributed by atoms with Crippen LogP contribution in [0.2, 0.25) is 5.02 Å². The molecule has 1 aromatic heterocycles. The van der Waals surface area contributed by atoms with Gasteiger partial charge in [0.1, 0.15) is 12.4 Å². The molecule has 1 heterocycles. The number of nitrogens with two attached hydrogens (primary N) is 2. The molecule has 1 fully saturated rings. The Labute approximate surface area is 204 Å². The van der Waals surface area contributed by atoms with E-state index in [0.29, 0.717) is 16.6 Å². The first-order valence-electron chi connectivity index (χ1n) is 10.9. The molecule has 1 aliphatic rings. The second-order valence-electron chi connectivity index (χ2n) is 8.35. The van der Waals surface area contributed by atoms with E-state index < -0.39 is 36.2 Å². The van der Waals surface area contributed by atoms with E-state index in [1.165, 1.54) is 27.8 Å². The van der Waals surface area contributed by atoms with Gasteiger partial charge in [-0.25, -0.2) is 4.39 Å². The van der Waals surface area contributed by atoms with E-state index in [4.69, 9.17) is 23.1 Å². The topological polar surface area (TPSA) is 157 Å². The number of nitrogens with one attached hydrogen (secondary N) is 1. The lowest BCUT2D eigenvalue weighted by Gasteiger charge is -2.24. The second-order valence-corrected chi connectivity index (χ2v) is 8.75.